The third kappa shape index (κ3) is 4.07. The standard InChI is InChI=1S/C20H20N4O6/c1-4-23(20(26)12-6-5-7-13(8-12)24(27)28)11-18-21-15-10-17(30-3)16(29-2)9-14(15)19(25)22-18/h5-10H,4,11H2,1-3H3,(H,21,22,25). The number of hydrogen-bond acceptors (Lipinski definition) is 7. The van der Waals surface area contributed by atoms with E-state index in [-0.39, 0.29) is 29.2 Å². The molecule has 0 saturated carbocycles. The van der Waals surface area contributed by atoms with Gasteiger partial charge in [0.15, 0.2) is 11.5 Å². The first-order chi connectivity index (χ1) is 14.4. The molecule has 156 valence electrons. The molecule has 2 aromatic carbocycles. The number of carbonyl (C=O) groups is 1. The van der Waals surface area contributed by atoms with Gasteiger partial charge in [0.1, 0.15) is 5.82 Å². The number of non-ortho nitro benzene ring substituents is 1. The van der Waals surface area contributed by atoms with E-state index in [1.165, 1.54) is 49.5 Å². The normalized spacial score (nSPS) is 10.6. The van der Waals surface area contributed by atoms with Gasteiger partial charge in [0.2, 0.25) is 0 Å². The quantitative estimate of drug-likeness (QED) is 0.466. The number of benzene rings is 2. The van der Waals surface area contributed by atoms with Crippen molar-refractivity contribution in [2.75, 3.05) is 20.8 Å². The van der Waals surface area contributed by atoms with Gasteiger partial charge in [0, 0.05) is 30.3 Å². The average Bonchev–Trinajstić information content (AvgIpc) is 2.76. The van der Waals surface area contributed by atoms with Crippen molar-refractivity contribution in [3.63, 3.8) is 0 Å². The Balaban J connectivity index is 1.95. The van der Waals surface area contributed by atoms with E-state index in [0.717, 1.165) is 0 Å². The zero-order chi connectivity index (χ0) is 21.8. The molecular formula is C20H20N4O6. The van der Waals surface area contributed by atoms with E-state index in [1.54, 1.807) is 13.0 Å². The number of H-pyrrole nitrogens is 1. The van der Waals surface area contributed by atoms with Crippen molar-refractivity contribution < 1.29 is 19.2 Å². The number of amides is 1. The number of aromatic nitrogens is 2. The maximum atomic E-state index is 12.8. The van der Waals surface area contributed by atoms with Crippen LogP contribution in [0.4, 0.5) is 5.69 Å². The van der Waals surface area contributed by atoms with Gasteiger partial charge in [-0.1, -0.05) is 6.07 Å². The van der Waals surface area contributed by atoms with Gasteiger partial charge < -0.3 is 19.4 Å². The van der Waals surface area contributed by atoms with Gasteiger partial charge in [-0.15, -0.1) is 0 Å². The van der Waals surface area contributed by atoms with Gasteiger partial charge in [-0.2, -0.15) is 0 Å². The van der Waals surface area contributed by atoms with Crippen molar-refractivity contribution >= 4 is 22.5 Å². The summed E-state index contributed by atoms with van der Waals surface area (Å²) >= 11 is 0. The lowest BCUT2D eigenvalue weighted by Gasteiger charge is -2.20. The second-order valence-corrected chi connectivity index (χ2v) is 6.36. The molecule has 0 atom stereocenters. The van der Waals surface area contributed by atoms with E-state index >= 15 is 0 Å². The van der Waals surface area contributed by atoms with E-state index < -0.39 is 10.8 Å². The molecule has 1 amide bonds. The highest BCUT2D eigenvalue weighted by Crippen LogP contribution is 2.30. The van der Waals surface area contributed by atoms with Crippen LogP contribution < -0.4 is 15.0 Å². The zero-order valence-electron chi connectivity index (χ0n) is 16.7. The molecule has 1 N–H and O–H groups in total. The minimum atomic E-state index is -0.558. The summed E-state index contributed by atoms with van der Waals surface area (Å²) in [6.45, 7) is 2.11. The summed E-state index contributed by atoms with van der Waals surface area (Å²) in [5.74, 6) is 0.701. The lowest BCUT2D eigenvalue weighted by Crippen LogP contribution is -2.32. The summed E-state index contributed by atoms with van der Waals surface area (Å²) < 4.78 is 10.5. The van der Waals surface area contributed by atoms with E-state index in [2.05, 4.69) is 9.97 Å². The number of nitrogens with zero attached hydrogens (tertiary/aromatic N) is 3. The molecule has 0 radical (unpaired) electrons. The van der Waals surface area contributed by atoms with Gasteiger partial charge >= 0.3 is 0 Å². The van der Waals surface area contributed by atoms with Crippen molar-refractivity contribution in [1.82, 2.24) is 14.9 Å². The molecule has 0 spiro atoms. The molecule has 30 heavy (non-hydrogen) atoms. The summed E-state index contributed by atoms with van der Waals surface area (Å²) in [5, 5.41) is 11.3. The number of ether oxygens (including phenoxy) is 2. The number of rotatable bonds is 7. The number of nitro groups is 1. The molecular weight excluding hydrogens is 392 g/mol. The summed E-state index contributed by atoms with van der Waals surface area (Å²) in [4.78, 5) is 44.3. The van der Waals surface area contributed by atoms with Crippen molar-refractivity contribution in [3.05, 3.63) is 68.3 Å². The Morgan fingerprint density at radius 3 is 2.53 bits per heavy atom. The zero-order valence-corrected chi connectivity index (χ0v) is 16.7. The number of carbonyl (C=O) groups excluding carboxylic acids is 1. The third-order valence-electron chi connectivity index (χ3n) is 4.57. The Bertz CT molecular complexity index is 1170. The van der Waals surface area contributed by atoms with Crippen LogP contribution in [0.5, 0.6) is 11.5 Å². The molecule has 10 nitrogen and oxygen atoms in total. The molecule has 1 heterocycles. The van der Waals surface area contributed by atoms with Crippen LogP contribution >= 0.6 is 0 Å². The Kier molecular flexibility index (Phi) is 5.95. The first kappa shape index (κ1) is 20.8. The lowest BCUT2D eigenvalue weighted by molar-refractivity contribution is -0.384. The summed E-state index contributed by atoms with van der Waals surface area (Å²) in [6, 6.07) is 8.62. The van der Waals surface area contributed by atoms with E-state index in [4.69, 9.17) is 9.47 Å². The molecule has 0 fully saturated rings. The number of nitro benzene ring substituents is 1. The molecule has 1 aromatic heterocycles. The fourth-order valence-electron chi connectivity index (χ4n) is 3.03. The van der Waals surface area contributed by atoms with Crippen LogP contribution in [0.2, 0.25) is 0 Å². The molecule has 0 aliphatic heterocycles. The minimum absolute atomic E-state index is 0.0253. The van der Waals surface area contributed by atoms with Crippen LogP contribution in [-0.4, -0.2) is 46.5 Å². The SMILES string of the molecule is CCN(Cc1nc2cc(OC)c(OC)cc2c(=O)[nH]1)C(=O)c1cccc([N+](=O)[O-])c1. The molecule has 0 unspecified atom stereocenters. The lowest BCUT2D eigenvalue weighted by atomic mass is 10.1. The molecule has 0 aliphatic carbocycles. The largest absolute Gasteiger partial charge is 0.493 e. The van der Waals surface area contributed by atoms with Crippen molar-refractivity contribution in [2.45, 2.75) is 13.5 Å². The predicted octanol–water partition coefficient (Wildman–Crippen LogP) is 2.51. The van der Waals surface area contributed by atoms with Gasteiger partial charge in [0.05, 0.1) is 36.6 Å². The Hall–Kier alpha value is -3.95. The third-order valence-corrected chi connectivity index (χ3v) is 4.57. The van der Waals surface area contributed by atoms with Crippen molar-refractivity contribution in [1.29, 1.82) is 0 Å². The molecule has 0 bridgehead atoms. The Labute approximate surface area is 171 Å². The van der Waals surface area contributed by atoms with Gasteiger partial charge in [0.25, 0.3) is 17.2 Å². The highest BCUT2D eigenvalue weighted by Gasteiger charge is 2.19. The van der Waals surface area contributed by atoms with Gasteiger partial charge in [-0.05, 0) is 19.1 Å². The van der Waals surface area contributed by atoms with Crippen LogP contribution in [0.3, 0.4) is 0 Å². The Morgan fingerprint density at radius 1 is 1.20 bits per heavy atom. The van der Waals surface area contributed by atoms with Crippen molar-refractivity contribution in [2.24, 2.45) is 0 Å². The maximum absolute atomic E-state index is 12.8. The second-order valence-electron chi connectivity index (χ2n) is 6.36. The summed E-state index contributed by atoms with van der Waals surface area (Å²) in [5.41, 5.74) is 0.0239. The maximum Gasteiger partial charge on any atom is 0.270 e. The van der Waals surface area contributed by atoms with Crippen LogP contribution in [0.15, 0.2) is 41.2 Å². The first-order valence-electron chi connectivity index (χ1n) is 9.06. The average molecular weight is 412 g/mol. The van der Waals surface area contributed by atoms with Gasteiger partial charge in [-0.25, -0.2) is 4.98 Å². The Morgan fingerprint density at radius 2 is 1.90 bits per heavy atom. The molecule has 3 rings (SSSR count). The smallest absolute Gasteiger partial charge is 0.270 e. The highest BCUT2D eigenvalue weighted by atomic mass is 16.6. The first-order valence-corrected chi connectivity index (χ1v) is 9.06. The molecule has 0 saturated heterocycles. The highest BCUT2D eigenvalue weighted by molar-refractivity contribution is 5.94. The molecule has 0 aliphatic rings. The number of methoxy groups -OCH3 is 2. The number of fused-ring (bicyclic) bond motifs is 1. The monoisotopic (exact) mass is 412 g/mol. The fourth-order valence-corrected chi connectivity index (χ4v) is 3.03. The van der Waals surface area contributed by atoms with Crippen LogP contribution in [0.25, 0.3) is 10.9 Å². The number of hydrogen-bond donors (Lipinski definition) is 1. The van der Waals surface area contributed by atoms with E-state index in [1.807, 2.05) is 0 Å². The summed E-state index contributed by atoms with van der Waals surface area (Å²) in [7, 11) is 2.95. The predicted molar refractivity (Wildman–Crippen MR) is 109 cm³/mol. The molecule has 3 aromatic rings. The van der Waals surface area contributed by atoms with Crippen LogP contribution in [-0.2, 0) is 6.54 Å². The number of nitrogens with one attached hydrogen (secondary N) is 1. The van der Waals surface area contributed by atoms with Gasteiger partial charge in [-0.3, -0.25) is 19.7 Å². The fraction of sp³-hybridized carbons (Fsp3) is 0.250. The summed E-state index contributed by atoms with van der Waals surface area (Å²) in [6.07, 6.45) is 0. The van der Waals surface area contributed by atoms with E-state index in [9.17, 15) is 19.7 Å². The second kappa shape index (κ2) is 8.60. The molecule has 10 heteroatoms. The van der Waals surface area contributed by atoms with Crippen LogP contribution in [0, 0.1) is 10.1 Å². The van der Waals surface area contributed by atoms with E-state index in [0.29, 0.717) is 28.9 Å². The topological polar surface area (TPSA) is 128 Å². The van der Waals surface area contributed by atoms with Crippen molar-refractivity contribution in [3.8, 4) is 11.5 Å². The van der Waals surface area contributed by atoms with Crippen LogP contribution in [0.1, 0.15) is 23.1 Å². The number of aromatic amines is 1. The minimum Gasteiger partial charge on any atom is -0.493 e.